The van der Waals surface area contributed by atoms with Gasteiger partial charge in [0, 0.05) is 51.5 Å². The zero-order valence-corrected chi connectivity index (χ0v) is 16.7. The molecule has 142 valence electrons. The van der Waals surface area contributed by atoms with Gasteiger partial charge in [0.05, 0.1) is 11.2 Å². The van der Waals surface area contributed by atoms with Gasteiger partial charge in [0.2, 0.25) is 11.9 Å². The smallest absolute Gasteiger partial charge is 0.399 e. The van der Waals surface area contributed by atoms with E-state index in [4.69, 9.17) is 9.31 Å². The largest absolute Gasteiger partial charge is 0.498 e. The minimum Gasteiger partial charge on any atom is -0.399 e. The average molecular weight is 360 g/mol. The summed E-state index contributed by atoms with van der Waals surface area (Å²) in [5.41, 5.74) is 0.0699. The molecule has 0 aromatic carbocycles. The number of rotatable bonds is 4. The molecular weight excluding hydrogens is 331 g/mol. The predicted octanol–water partition coefficient (Wildman–Crippen LogP) is 1.08. The number of amides is 1. The summed E-state index contributed by atoms with van der Waals surface area (Å²) in [6.07, 6.45) is 4.57. The van der Waals surface area contributed by atoms with Crippen LogP contribution in [0.2, 0.25) is 0 Å². The van der Waals surface area contributed by atoms with E-state index in [0.717, 1.165) is 31.5 Å². The van der Waals surface area contributed by atoms with Crippen LogP contribution in [0.1, 0.15) is 41.0 Å². The molecule has 1 aromatic rings. The Morgan fingerprint density at radius 1 is 1.27 bits per heavy atom. The van der Waals surface area contributed by atoms with E-state index < -0.39 is 7.12 Å². The van der Waals surface area contributed by atoms with Crippen LogP contribution >= 0.6 is 0 Å². The molecule has 0 radical (unpaired) electrons. The van der Waals surface area contributed by atoms with Gasteiger partial charge in [0.1, 0.15) is 0 Å². The normalized spacial score (nSPS) is 24.2. The first-order valence-corrected chi connectivity index (χ1v) is 9.23. The van der Waals surface area contributed by atoms with E-state index in [9.17, 15) is 4.79 Å². The van der Waals surface area contributed by atoms with Gasteiger partial charge in [-0.2, -0.15) is 0 Å². The Balaban J connectivity index is 1.60. The minimum absolute atomic E-state index is 0.151. The maximum absolute atomic E-state index is 11.5. The van der Waals surface area contributed by atoms with Crippen molar-refractivity contribution in [3.63, 3.8) is 0 Å². The third-order valence-electron chi connectivity index (χ3n) is 5.79. The van der Waals surface area contributed by atoms with Crippen LogP contribution in [0.3, 0.4) is 0 Å². The molecule has 2 saturated heterocycles. The summed E-state index contributed by atoms with van der Waals surface area (Å²) in [5, 5.41) is 0. The van der Waals surface area contributed by atoms with Crippen molar-refractivity contribution in [1.29, 1.82) is 0 Å². The number of anilines is 1. The Labute approximate surface area is 156 Å². The van der Waals surface area contributed by atoms with Crippen LogP contribution in [0.5, 0.6) is 0 Å². The SMILES string of the molecule is CC(=O)N1CC[C@@H](CN(C)c2ncc(B3OC(C)(C)C(C)(C)O3)cn2)C1. The van der Waals surface area contributed by atoms with E-state index >= 15 is 0 Å². The molecule has 0 spiro atoms. The van der Waals surface area contributed by atoms with Gasteiger partial charge < -0.3 is 19.1 Å². The average Bonchev–Trinajstić information content (AvgIpc) is 3.10. The number of carbonyl (C=O) groups is 1. The van der Waals surface area contributed by atoms with Crippen LogP contribution in [0.4, 0.5) is 5.95 Å². The Hall–Kier alpha value is -1.67. The molecule has 8 heteroatoms. The molecule has 7 nitrogen and oxygen atoms in total. The van der Waals surface area contributed by atoms with Crippen molar-refractivity contribution >= 4 is 24.4 Å². The first-order chi connectivity index (χ1) is 12.1. The summed E-state index contributed by atoms with van der Waals surface area (Å²) in [4.78, 5) is 24.4. The number of aromatic nitrogens is 2. The van der Waals surface area contributed by atoms with E-state index in [-0.39, 0.29) is 17.1 Å². The molecule has 26 heavy (non-hydrogen) atoms. The van der Waals surface area contributed by atoms with Crippen LogP contribution in [-0.2, 0) is 14.1 Å². The molecule has 0 N–H and O–H groups in total. The lowest BCUT2D eigenvalue weighted by Gasteiger charge is -2.32. The van der Waals surface area contributed by atoms with E-state index in [0.29, 0.717) is 11.9 Å². The molecule has 0 bridgehead atoms. The lowest BCUT2D eigenvalue weighted by Crippen LogP contribution is -2.41. The van der Waals surface area contributed by atoms with Gasteiger partial charge >= 0.3 is 7.12 Å². The van der Waals surface area contributed by atoms with Gasteiger partial charge in [-0.05, 0) is 40.0 Å². The zero-order chi connectivity index (χ0) is 19.1. The number of nitrogens with zero attached hydrogens (tertiary/aromatic N) is 4. The Morgan fingerprint density at radius 3 is 2.35 bits per heavy atom. The molecule has 1 amide bonds. The van der Waals surface area contributed by atoms with Crippen LogP contribution in [-0.4, -0.2) is 65.8 Å². The van der Waals surface area contributed by atoms with Crippen molar-refractivity contribution in [2.75, 3.05) is 31.6 Å². The second-order valence-corrected chi connectivity index (χ2v) is 8.40. The molecule has 2 aliphatic heterocycles. The van der Waals surface area contributed by atoms with Crippen molar-refractivity contribution in [1.82, 2.24) is 14.9 Å². The van der Waals surface area contributed by atoms with E-state index in [2.05, 4.69) is 9.97 Å². The molecule has 0 aliphatic carbocycles. The Morgan fingerprint density at radius 2 is 1.85 bits per heavy atom. The topological polar surface area (TPSA) is 67.8 Å². The van der Waals surface area contributed by atoms with Gasteiger partial charge in [-0.25, -0.2) is 9.97 Å². The van der Waals surface area contributed by atoms with Crippen LogP contribution in [0.25, 0.3) is 0 Å². The summed E-state index contributed by atoms with van der Waals surface area (Å²) in [6, 6.07) is 0. The zero-order valence-electron chi connectivity index (χ0n) is 16.7. The molecule has 1 aromatic heterocycles. The summed E-state index contributed by atoms with van der Waals surface area (Å²) < 4.78 is 12.1. The van der Waals surface area contributed by atoms with Crippen LogP contribution in [0, 0.1) is 5.92 Å². The lowest BCUT2D eigenvalue weighted by atomic mass is 9.81. The fourth-order valence-corrected chi connectivity index (χ4v) is 3.37. The fourth-order valence-electron chi connectivity index (χ4n) is 3.37. The second-order valence-electron chi connectivity index (χ2n) is 8.40. The Kier molecular flexibility index (Phi) is 5.01. The highest BCUT2D eigenvalue weighted by Gasteiger charge is 2.52. The summed E-state index contributed by atoms with van der Waals surface area (Å²) in [6.45, 7) is 12.2. The quantitative estimate of drug-likeness (QED) is 0.749. The monoisotopic (exact) mass is 360 g/mol. The molecule has 0 unspecified atom stereocenters. The number of carbonyl (C=O) groups excluding carboxylic acids is 1. The standard InChI is InChI=1S/C18H29BN4O3/c1-13(24)23-8-7-14(12-23)11-22(6)16-20-9-15(10-21-16)19-25-17(2,3)18(4,5)26-19/h9-10,14H,7-8,11-12H2,1-6H3/t14-/m0/s1. The van der Waals surface area contributed by atoms with Gasteiger partial charge in [-0.15, -0.1) is 0 Å². The van der Waals surface area contributed by atoms with E-state index in [1.165, 1.54) is 0 Å². The number of hydrogen-bond donors (Lipinski definition) is 0. The summed E-state index contributed by atoms with van der Waals surface area (Å²) in [7, 11) is 1.54. The first kappa shape index (κ1) is 19.1. The Bertz CT molecular complexity index is 649. The highest BCUT2D eigenvalue weighted by atomic mass is 16.7. The maximum Gasteiger partial charge on any atom is 0.498 e. The van der Waals surface area contributed by atoms with Crippen molar-refractivity contribution in [2.45, 2.75) is 52.2 Å². The molecule has 1 atom stereocenters. The highest BCUT2D eigenvalue weighted by Crippen LogP contribution is 2.36. The minimum atomic E-state index is -0.446. The number of likely N-dealkylation sites (tertiary alicyclic amines) is 1. The molecule has 0 saturated carbocycles. The predicted molar refractivity (Wildman–Crippen MR) is 101 cm³/mol. The first-order valence-electron chi connectivity index (χ1n) is 9.23. The van der Waals surface area contributed by atoms with E-state index in [1.54, 1.807) is 19.3 Å². The number of hydrogen-bond acceptors (Lipinski definition) is 6. The molecule has 3 heterocycles. The maximum atomic E-state index is 11.5. The van der Waals surface area contributed by atoms with Crippen molar-refractivity contribution in [3.8, 4) is 0 Å². The summed E-state index contributed by atoms with van der Waals surface area (Å²) >= 11 is 0. The van der Waals surface area contributed by atoms with Crippen LogP contribution in [0.15, 0.2) is 12.4 Å². The molecule has 3 rings (SSSR count). The van der Waals surface area contributed by atoms with Gasteiger partial charge in [0.25, 0.3) is 0 Å². The highest BCUT2D eigenvalue weighted by molar-refractivity contribution is 6.61. The van der Waals surface area contributed by atoms with Crippen molar-refractivity contribution in [2.24, 2.45) is 5.92 Å². The van der Waals surface area contributed by atoms with Crippen molar-refractivity contribution in [3.05, 3.63) is 12.4 Å². The van der Waals surface area contributed by atoms with E-state index in [1.807, 2.05) is 44.5 Å². The summed E-state index contributed by atoms with van der Waals surface area (Å²) in [5.74, 6) is 1.28. The van der Waals surface area contributed by atoms with Gasteiger partial charge in [-0.3, -0.25) is 4.79 Å². The second kappa shape index (κ2) is 6.81. The fraction of sp³-hybridized carbons (Fsp3) is 0.722. The lowest BCUT2D eigenvalue weighted by molar-refractivity contribution is -0.127. The third-order valence-corrected chi connectivity index (χ3v) is 5.79. The molecule has 2 aliphatic rings. The van der Waals surface area contributed by atoms with Crippen LogP contribution < -0.4 is 10.4 Å². The molecule has 2 fully saturated rings. The van der Waals surface area contributed by atoms with Gasteiger partial charge in [0.15, 0.2) is 0 Å². The van der Waals surface area contributed by atoms with Crippen molar-refractivity contribution < 1.29 is 14.1 Å². The molecular formula is C18H29BN4O3. The van der Waals surface area contributed by atoms with Gasteiger partial charge in [-0.1, -0.05) is 0 Å². The third kappa shape index (κ3) is 3.71.